The molecule has 8 heteroatoms. The molecule has 0 radical (unpaired) electrons. The number of aryl methyl sites for hydroxylation is 1. The van der Waals surface area contributed by atoms with Gasteiger partial charge in [-0.3, -0.25) is 9.48 Å². The van der Waals surface area contributed by atoms with E-state index in [2.05, 4.69) is 10.1 Å². The number of hydrogen-bond acceptors (Lipinski definition) is 6. The van der Waals surface area contributed by atoms with Crippen molar-refractivity contribution in [3.05, 3.63) is 30.0 Å². The van der Waals surface area contributed by atoms with Gasteiger partial charge in [0.2, 0.25) is 0 Å². The van der Waals surface area contributed by atoms with Crippen molar-refractivity contribution in [3.63, 3.8) is 0 Å². The van der Waals surface area contributed by atoms with Crippen LogP contribution in [0, 0.1) is 11.9 Å². The number of aliphatic hydroxyl groups is 1. The van der Waals surface area contributed by atoms with Crippen LogP contribution in [0.5, 0.6) is 5.75 Å². The van der Waals surface area contributed by atoms with E-state index >= 15 is 0 Å². The SMILES string of the molecule is CC(C)OC(=O)[C@H]1CCC[C@H](Oc2ccc(-c3cnn(C)c3CO)nc2F)C1. The van der Waals surface area contributed by atoms with E-state index in [1.807, 2.05) is 13.8 Å². The number of nitrogens with zero attached hydrogens (tertiary/aromatic N) is 3. The first-order valence-corrected chi connectivity index (χ1v) is 9.54. The Kier molecular flexibility index (Phi) is 6.28. The maximum atomic E-state index is 14.5. The molecule has 0 aromatic carbocycles. The monoisotopic (exact) mass is 391 g/mol. The summed E-state index contributed by atoms with van der Waals surface area (Å²) in [6.07, 6.45) is 3.97. The van der Waals surface area contributed by atoms with Crippen molar-refractivity contribution < 1.29 is 23.8 Å². The van der Waals surface area contributed by atoms with Gasteiger partial charge in [0, 0.05) is 12.6 Å². The van der Waals surface area contributed by atoms with E-state index in [-0.39, 0.29) is 36.5 Å². The molecule has 152 valence electrons. The van der Waals surface area contributed by atoms with Crippen LogP contribution in [0.4, 0.5) is 4.39 Å². The molecule has 1 aliphatic carbocycles. The summed E-state index contributed by atoms with van der Waals surface area (Å²) in [6, 6.07) is 3.17. The lowest BCUT2D eigenvalue weighted by Crippen LogP contribution is -2.32. The molecule has 0 saturated heterocycles. The Morgan fingerprint density at radius 3 is 2.86 bits per heavy atom. The van der Waals surface area contributed by atoms with Gasteiger partial charge in [-0.25, -0.2) is 4.98 Å². The molecule has 28 heavy (non-hydrogen) atoms. The van der Waals surface area contributed by atoms with Gasteiger partial charge in [-0.15, -0.1) is 0 Å². The van der Waals surface area contributed by atoms with E-state index in [1.54, 1.807) is 19.3 Å². The van der Waals surface area contributed by atoms with Gasteiger partial charge in [0.15, 0.2) is 5.75 Å². The number of aromatic nitrogens is 3. The molecular weight excluding hydrogens is 365 g/mol. The van der Waals surface area contributed by atoms with Crippen LogP contribution in [0.1, 0.15) is 45.2 Å². The normalized spacial score (nSPS) is 19.6. The highest BCUT2D eigenvalue weighted by molar-refractivity contribution is 5.72. The number of pyridine rings is 1. The zero-order valence-electron chi connectivity index (χ0n) is 16.4. The molecule has 7 nitrogen and oxygen atoms in total. The lowest BCUT2D eigenvalue weighted by Gasteiger charge is -2.28. The van der Waals surface area contributed by atoms with Crippen LogP contribution >= 0.6 is 0 Å². The van der Waals surface area contributed by atoms with Crippen LogP contribution in [0.25, 0.3) is 11.3 Å². The summed E-state index contributed by atoms with van der Waals surface area (Å²) < 4.78 is 27.2. The van der Waals surface area contributed by atoms with Gasteiger partial charge in [-0.2, -0.15) is 9.49 Å². The molecule has 1 aliphatic rings. The van der Waals surface area contributed by atoms with E-state index in [9.17, 15) is 14.3 Å². The summed E-state index contributed by atoms with van der Waals surface area (Å²) in [6.45, 7) is 3.42. The molecule has 2 heterocycles. The van der Waals surface area contributed by atoms with E-state index in [0.717, 1.165) is 19.3 Å². The number of hydrogen-bond donors (Lipinski definition) is 1. The van der Waals surface area contributed by atoms with Gasteiger partial charge in [0.05, 0.1) is 42.3 Å². The fourth-order valence-electron chi connectivity index (χ4n) is 3.50. The lowest BCUT2D eigenvalue weighted by molar-refractivity contribution is -0.154. The van der Waals surface area contributed by atoms with Gasteiger partial charge in [0.1, 0.15) is 0 Å². The second-order valence-corrected chi connectivity index (χ2v) is 7.36. The molecule has 0 spiro atoms. The molecule has 3 rings (SSSR count). The highest BCUT2D eigenvalue weighted by atomic mass is 19.1. The van der Waals surface area contributed by atoms with E-state index in [1.165, 1.54) is 10.7 Å². The van der Waals surface area contributed by atoms with Gasteiger partial charge in [-0.1, -0.05) is 0 Å². The first-order valence-electron chi connectivity index (χ1n) is 9.54. The third-order valence-corrected chi connectivity index (χ3v) is 4.91. The molecule has 0 aliphatic heterocycles. The summed E-state index contributed by atoms with van der Waals surface area (Å²) in [5, 5.41) is 13.5. The fourth-order valence-corrected chi connectivity index (χ4v) is 3.50. The van der Waals surface area contributed by atoms with Crippen LogP contribution in [-0.4, -0.2) is 38.0 Å². The van der Waals surface area contributed by atoms with E-state index in [4.69, 9.17) is 9.47 Å². The minimum atomic E-state index is -0.725. The van der Waals surface area contributed by atoms with Gasteiger partial charge >= 0.3 is 5.97 Å². The zero-order chi connectivity index (χ0) is 20.3. The van der Waals surface area contributed by atoms with Crippen LogP contribution in [0.15, 0.2) is 18.3 Å². The standard InChI is InChI=1S/C20H26FN3O4/c1-12(2)27-20(26)13-5-4-6-14(9-13)28-18-8-7-16(23-19(18)21)15-10-22-24(3)17(15)11-25/h7-8,10,12-14,25H,4-6,9,11H2,1-3H3/t13-,14-/m0/s1. The third-order valence-electron chi connectivity index (χ3n) is 4.91. The molecule has 1 N–H and O–H groups in total. The Morgan fingerprint density at radius 1 is 1.39 bits per heavy atom. The number of esters is 1. The average Bonchev–Trinajstić information content (AvgIpc) is 3.03. The van der Waals surface area contributed by atoms with Crippen LogP contribution in [0.2, 0.25) is 0 Å². The predicted octanol–water partition coefficient (Wildman–Crippen LogP) is 3.00. The highest BCUT2D eigenvalue weighted by Crippen LogP contribution is 2.31. The quantitative estimate of drug-likeness (QED) is 0.602. The molecule has 2 aromatic rings. The minimum absolute atomic E-state index is 0.0565. The fraction of sp³-hybridized carbons (Fsp3) is 0.550. The van der Waals surface area contributed by atoms with Gasteiger partial charge in [-0.05, 0) is 51.7 Å². The van der Waals surface area contributed by atoms with Crippen molar-refractivity contribution in [2.24, 2.45) is 13.0 Å². The molecule has 0 bridgehead atoms. The van der Waals surface area contributed by atoms with Crippen LogP contribution < -0.4 is 4.74 Å². The Bertz CT molecular complexity index is 837. The van der Waals surface area contributed by atoms with Crippen LogP contribution in [0.3, 0.4) is 0 Å². The van der Waals surface area contributed by atoms with Crippen molar-refractivity contribution in [2.75, 3.05) is 0 Å². The van der Waals surface area contributed by atoms with Gasteiger partial charge in [0.25, 0.3) is 5.95 Å². The molecule has 1 fully saturated rings. The lowest BCUT2D eigenvalue weighted by atomic mass is 9.87. The smallest absolute Gasteiger partial charge is 0.309 e. The Hall–Kier alpha value is -2.48. The van der Waals surface area contributed by atoms with Crippen molar-refractivity contribution >= 4 is 5.97 Å². The van der Waals surface area contributed by atoms with E-state index < -0.39 is 5.95 Å². The second-order valence-electron chi connectivity index (χ2n) is 7.36. The van der Waals surface area contributed by atoms with Crippen molar-refractivity contribution in [3.8, 4) is 17.0 Å². The first-order chi connectivity index (χ1) is 13.4. The third kappa shape index (κ3) is 4.49. The topological polar surface area (TPSA) is 86.5 Å². The van der Waals surface area contributed by atoms with E-state index in [0.29, 0.717) is 23.4 Å². The van der Waals surface area contributed by atoms with Gasteiger partial charge < -0.3 is 14.6 Å². The number of aliphatic hydroxyl groups excluding tert-OH is 1. The first kappa shape index (κ1) is 20.3. The Morgan fingerprint density at radius 2 is 2.18 bits per heavy atom. The summed E-state index contributed by atoms with van der Waals surface area (Å²) in [7, 11) is 1.70. The van der Waals surface area contributed by atoms with Crippen molar-refractivity contribution in [1.29, 1.82) is 0 Å². The largest absolute Gasteiger partial charge is 0.486 e. The number of ether oxygens (including phenoxy) is 2. The molecule has 2 aromatic heterocycles. The predicted molar refractivity (Wildman–Crippen MR) is 99.9 cm³/mol. The summed E-state index contributed by atoms with van der Waals surface area (Å²) in [4.78, 5) is 16.1. The average molecular weight is 391 g/mol. The maximum Gasteiger partial charge on any atom is 0.309 e. The summed E-state index contributed by atoms with van der Waals surface area (Å²) in [5.74, 6) is -1.11. The van der Waals surface area contributed by atoms with Crippen molar-refractivity contribution in [1.82, 2.24) is 14.8 Å². The molecule has 2 atom stereocenters. The maximum absolute atomic E-state index is 14.5. The molecule has 0 amide bonds. The minimum Gasteiger partial charge on any atom is -0.486 e. The summed E-state index contributed by atoms with van der Waals surface area (Å²) >= 11 is 0. The summed E-state index contributed by atoms with van der Waals surface area (Å²) in [5.41, 5.74) is 1.51. The molecule has 1 saturated carbocycles. The van der Waals surface area contributed by atoms with Crippen molar-refractivity contribution in [2.45, 2.75) is 58.3 Å². The number of carbonyl (C=O) groups excluding carboxylic acids is 1. The Labute approximate surface area is 163 Å². The number of carbonyl (C=O) groups is 1. The number of rotatable bonds is 6. The molecule has 0 unspecified atom stereocenters. The molecular formula is C20H26FN3O4. The second kappa shape index (κ2) is 8.68. The van der Waals surface area contributed by atoms with Crippen LogP contribution in [-0.2, 0) is 23.2 Å². The number of halogens is 1. The highest BCUT2D eigenvalue weighted by Gasteiger charge is 2.30. The Balaban J connectivity index is 1.70. The zero-order valence-corrected chi connectivity index (χ0v) is 16.4.